The highest BCUT2D eigenvalue weighted by Gasteiger charge is 2.32. The molecule has 3 N–H and O–H groups in total. The largest absolute Gasteiger partial charge is 0.464 e. The second-order valence-corrected chi connectivity index (χ2v) is 3.81. The van der Waals surface area contributed by atoms with Gasteiger partial charge >= 0.3 is 5.97 Å². The van der Waals surface area contributed by atoms with Crippen molar-refractivity contribution >= 4 is 11.9 Å². The highest BCUT2D eigenvalue weighted by molar-refractivity contribution is 5.90. The Hall–Kier alpha value is -1.10. The second-order valence-electron chi connectivity index (χ2n) is 3.81. The standard InChI is InChI=1S/C11H22N2O3/c1-5-11(12,6-2)10(15)13-8(4)9(14)16-7-3/h8H,5-7,12H2,1-4H3,(H,13,15). The first-order valence-corrected chi connectivity index (χ1v) is 5.67. The van der Waals surface area contributed by atoms with E-state index in [1.54, 1.807) is 13.8 Å². The van der Waals surface area contributed by atoms with E-state index in [2.05, 4.69) is 5.32 Å². The maximum absolute atomic E-state index is 11.8. The maximum Gasteiger partial charge on any atom is 0.328 e. The van der Waals surface area contributed by atoms with Crippen LogP contribution in [0.1, 0.15) is 40.5 Å². The first-order valence-electron chi connectivity index (χ1n) is 5.67. The Morgan fingerprint density at radius 1 is 1.31 bits per heavy atom. The quantitative estimate of drug-likeness (QED) is 0.654. The fraction of sp³-hybridized carbons (Fsp3) is 0.818. The van der Waals surface area contributed by atoms with Crippen LogP contribution in [-0.2, 0) is 14.3 Å². The number of carbonyl (C=O) groups is 2. The average Bonchev–Trinajstić information content (AvgIpc) is 2.28. The molecule has 0 aromatic carbocycles. The van der Waals surface area contributed by atoms with Crippen LogP contribution in [0.2, 0.25) is 0 Å². The van der Waals surface area contributed by atoms with Gasteiger partial charge in [-0.1, -0.05) is 13.8 Å². The number of hydrogen-bond acceptors (Lipinski definition) is 4. The van der Waals surface area contributed by atoms with Crippen LogP contribution in [-0.4, -0.2) is 30.1 Å². The fourth-order valence-corrected chi connectivity index (χ4v) is 1.24. The Morgan fingerprint density at radius 2 is 1.81 bits per heavy atom. The summed E-state index contributed by atoms with van der Waals surface area (Å²) >= 11 is 0. The van der Waals surface area contributed by atoms with E-state index in [0.717, 1.165) is 0 Å². The molecule has 0 rings (SSSR count). The molecule has 1 atom stereocenters. The van der Waals surface area contributed by atoms with Gasteiger partial charge in [-0.2, -0.15) is 0 Å². The minimum absolute atomic E-state index is 0.300. The van der Waals surface area contributed by atoms with E-state index < -0.39 is 17.6 Å². The number of nitrogens with one attached hydrogen (secondary N) is 1. The number of amides is 1. The van der Waals surface area contributed by atoms with Gasteiger partial charge in [0.05, 0.1) is 12.1 Å². The topological polar surface area (TPSA) is 81.4 Å². The van der Waals surface area contributed by atoms with E-state index in [1.165, 1.54) is 0 Å². The lowest BCUT2D eigenvalue weighted by atomic mass is 9.93. The van der Waals surface area contributed by atoms with Crippen molar-refractivity contribution in [2.45, 2.75) is 52.1 Å². The van der Waals surface area contributed by atoms with E-state index in [1.807, 2.05) is 13.8 Å². The van der Waals surface area contributed by atoms with Crippen LogP contribution in [0.15, 0.2) is 0 Å². The van der Waals surface area contributed by atoms with Crippen molar-refractivity contribution in [3.05, 3.63) is 0 Å². The third-order valence-electron chi connectivity index (χ3n) is 2.70. The molecular formula is C11H22N2O3. The fourth-order valence-electron chi connectivity index (χ4n) is 1.24. The molecule has 0 aliphatic heterocycles. The van der Waals surface area contributed by atoms with Crippen LogP contribution < -0.4 is 11.1 Å². The lowest BCUT2D eigenvalue weighted by molar-refractivity contribution is -0.147. The highest BCUT2D eigenvalue weighted by Crippen LogP contribution is 2.11. The Morgan fingerprint density at radius 3 is 2.19 bits per heavy atom. The normalized spacial score (nSPS) is 13.1. The minimum atomic E-state index is -0.902. The number of hydrogen-bond donors (Lipinski definition) is 2. The lowest BCUT2D eigenvalue weighted by Crippen LogP contribution is -2.56. The van der Waals surface area contributed by atoms with Gasteiger partial charge in [0.15, 0.2) is 0 Å². The smallest absolute Gasteiger partial charge is 0.328 e. The Labute approximate surface area is 96.7 Å². The summed E-state index contributed by atoms with van der Waals surface area (Å²) < 4.78 is 4.79. The number of rotatable bonds is 6. The van der Waals surface area contributed by atoms with Crippen LogP contribution in [0.25, 0.3) is 0 Å². The van der Waals surface area contributed by atoms with Crippen molar-refractivity contribution in [3.63, 3.8) is 0 Å². The molecule has 0 spiro atoms. The lowest BCUT2D eigenvalue weighted by Gasteiger charge is -2.26. The molecule has 5 nitrogen and oxygen atoms in total. The van der Waals surface area contributed by atoms with Crippen molar-refractivity contribution < 1.29 is 14.3 Å². The summed E-state index contributed by atoms with van der Waals surface area (Å²) in [5.74, 6) is -0.747. The van der Waals surface area contributed by atoms with E-state index in [0.29, 0.717) is 19.4 Å². The van der Waals surface area contributed by atoms with Crippen LogP contribution in [0.3, 0.4) is 0 Å². The molecule has 94 valence electrons. The van der Waals surface area contributed by atoms with Gasteiger partial charge in [-0.15, -0.1) is 0 Å². The summed E-state index contributed by atoms with van der Waals surface area (Å²) in [7, 11) is 0. The molecule has 0 saturated carbocycles. The Kier molecular flexibility index (Phi) is 6.03. The summed E-state index contributed by atoms with van der Waals surface area (Å²) in [4.78, 5) is 23.1. The Balaban J connectivity index is 4.39. The first-order chi connectivity index (χ1) is 7.41. The molecule has 16 heavy (non-hydrogen) atoms. The Bertz CT molecular complexity index is 250. The van der Waals surface area contributed by atoms with Crippen LogP contribution in [0.4, 0.5) is 0 Å². The summed E-state index contributed by atoms with van der Waals surface area (Å²) in [6, 6.07) is -0.659. The number of ether oxygens (including phenoxy) is 1. The molecule has 5 heteroatoms. The molecule has 0 heterocycles. The van der Waals surface area contributed by atoms with Gasteiger partial charge in [-0.3, -0.25) is 4.79 Å². The molecule has 0 aliphatic rings. The minimum Gasteiger partial charge on any atom is -0.464 e. The molecule has 0 aromatic heterocycles. The predicted molar refractivity (Wildman–Crippen MR) is 61.7 cm³/mol. The van der Waals surface area contributed by atoms with Gasteiger partial charge in [0.25, 0.3) is 0 Å². The van der Waals surface area contributed by atoms with Crippen molar-refractivity contribution in [1.29, 1.82) is 0 Å². The molecule has 0 fully saturated rings. The van der Waals surface area contributed by atoms with Gasteiger partial charge in [0.2, 0.25) is 5.91 Å². The monoisotopic (exact) mass is 230 g/mol. The van der Waals surface area contributed by atoms with Crippen molar-refractivity contribution in [2.75, 3.05) is 6.61 Å². The van der Waals surface area contributed by atoms with Crippen LogP contribution in [0, 0.1) is 0 Å². The number of nitrogens with two attached hydrogens (primary N) is 1. The third kappa shape index (κ3) is 3.81. The summed E-state index contributed by atoms with van der Waals surface area (Å²) in [5.41, 5.74) is 5.00. The van der Waals surface area contributed by atoms with E-state index in [-0.39, 0.29) is 5.91 Å². The van der Waals surface area contributed by atoms with Crippen molar-refractivity contribution in [1.82, 2.24) is 5.32 Å². The molecule has 0 bridgehead atoms. The molecule has 1 unspecified atom stereocenters. The van der Waals surface area contributed by atoms with E-state index in [4.69, 9.17) is 10.5 Å². The van der Waals surface area contributed by atoms with Gasteiger partial charge in [-0.25, -0.2) is 4.79 Å². The van der Waals surface area contributed by atoms with Gasteiger partial charge in [0, 0.05) is 0 Å². The van der Waals surface area contributed by atoms with E-state index >= 15 is 0 Å². The third-order valence-corrected chi connectivity index (χ3v) is 2.70. The zero-order chi connectivity index (χ0) is 12.8. The molecule has 1 amide bonds. The summed E-state index contributed by atoms with van der Waals surface area (Å²) in [6.45, 7) is 7.30. The van der Waals surface area contributed by atoms with Gasteiger partial charge in [-0.05, 0) is 26.7 Å². The summed E-state index contributed by atoms with van der Waals surface area (Å²) in [6.07, 6.45) is 1.07. The first kappa shape index (κ1) is 14.9. The SMILES string of the molecule is CCOC(=O)C(C)NC(=O)C(N)(CC)CC. The molecule has 0 radical (unpaired) electrons. The molecular weight excluding hydrogens is 208 g/mol. The predicted octanol–water partition coefficient (Wildman–Crippen LogP) is 0.572. The molecule has 0 saturated heterocycles. The van der Waals surface area contributed by atoms with E-state index in [9.17, 15) is 9.59 Å². The maximum atomic E-state index is 11.8. The highest BCUT2D eigenvalue weighted by atomic mass is 16.5. The average molecular weight is 230 g/mol. The van der Waals surface area contributed by atoms with Gasteiger partial charge < -0.3 is 15.8 Å². The zero-order valence-corrected chi connectivity index (χ0v) is 10.5. The second kappa shape index (κ2) is 6.48. The van der Waals surface area contributed by atoms with Crippen LogP contribution in [0.5, 0.6) is 0 Å². The summed E-state index contributed by atoms with van der Waals surface area (Å²) in [5, 5.41) is 2.57. The zero-order valence-electron chi connectivity index (χ0n) is 10.5. The van der Waals surface area contributed by atoms with Crippen molar-refractivity contribution in [3.8, 4) is 0 Å². The van der Waals surface area contributed by atoms with Crippen LogP contribution >= 0.6 is 0 Å². The number of carbonyl (C=O) groups excluding carboxylic acids is 2. The molecule has 0 aromatic rings. The van der Waals surface area contributed by atoms with Crippen molar-refractivity contribution in [2.24, 2.45) is 5.73 Å². The number of esters is 1. The molecule has 0 aliphatic carbocycles. The van der Waals surface area contributed by atoms with Gasteiger partial charge in [0.1, 0.15) is 6.04 Å².